The number of nitrogens with zero attached hydrogens (tertiary/aromatic N) is 1. The first-order valence-corrected chi connectivity index (χ1v) is 6.97. The van der Waals surface area contributed by atoms with Crippen LogP contribution < -0.4 is 5.32 Å². The molecule has 0 unspecified atom stereocenters. The summed E-state index contributed by atoms with van der Waals surface area (Å²) in [5.41, 5.74) is -1.91. The Morgan fingerprint density at radius 2 is 2.23 bits per heavy atom. The number of ether oxygens (including phenoxy) is 1. The standard InChI is InChI=1S/C14H17FN2O5/c1-2-22-13(18)10-6-9(17(20)21)7-11(15)12(10)16-8-14(19)4-3-5-14/h6-7,16,19H,2-5,8H2,1H3. The number of esters is 1. The number of hydrogen-bond donors (Lipinski definition) is 2. The van der Waals surface area contributed by atoms with Crippen molar-refractivity contribution in [2.75, 3.05) is 18.5 Å². The van der Waals surface area contributed by atoms with Gasteiger partial charge in [0.05, 0.1) is 34.4 Å². The minimum atomic E-state index is -0.930. The van der Waals surface area contributed by atoms with Gasteiger partial charge in [-0.05, 0) is 26.2 Å². The van der Waals surface area contributed by atoms with Crippen molar-refractivity contribution < 1.29 is 24.0 Å². The zero-order valence-electron chi connectivity index (χ0n) is 12.1. The van der Waals surface area contributed by atoms with Gasteiger partial charge in [-0.2, -0.15) is 0 Å². The van der Waals surface area contributed by atoms with E-state index in [4.69, 9.17) is 4.74 Å². The summed E-state index contributed by atoms with van der Waals surface area (Å²) in [4.78, 5) is 21.9. The predicted octanol–water partition coefficient (Wildman–Crippen LogP) is 2.24. The van der Waals surface area contributed by atoms with Gasteiger partial charge in [-0.3, -0.25) is 10.1 Å². The van der Waals surface area contributed by atoms with Gasteiger partial charge in [0.1, 0.15) is 0 Å². The number of carbonyl (C=O) groups excluding carboxylic acids is 1. The third-order valence-corrected chi connectivity index (χ3v) is 3.66. The van der Waals surface area contributed by atoms with E-state index in [1.807, 2.05) is 0 Å². The molecule has 0 radical (unpaired) electrons. The van der Waals surface area contributed by atoms with Crippen LogP contribution >= 0.6 is 0 Å². The molecule has 0 aromatic heterocycles. The van der Waals surface area contributed by atoms with Crippen LogP contribution in [0.1, 0.15) is 36.5 Å². The average Bonchev–Trinajstić information content (AvgIpc) is 2.43. The van der Waals surface area contributed by atoms with Gasteiger partial charge < -0.3 is 15.2 Å². The van der Waals surface area contributed by atoms with Crippen LogP contribution in [0.4, 0.5) is 15.8 Å². The summed E-state index contributed by atoms with van der Waals surface area (Å²) in [5, 5.41) is 23.5. The lowest BCUT2D eigenvalue weighted by atomic mass is 9.80. The molecule has 0 bridgehead atoms. The summed E-state index contributed by atoms with van der Waals surface area (Å²) in [5.74, 6) is -1.78. The molecule has 0 aliphatic heterocycles. The van der Waals surface area contributed by atoms with E-state index in [2.05, 4.69) is 5.32 Å². The summed E-state index contributed by atoms with van der Waals surface area (Å²) < 4.78 is 18.9. The predicted molar refractivity (Wildman–Crippen MR) is 76.3 cm³/mol. The molecule has 0 saturated heterocycles. The first kappa shape index (κ1) is 16.2. The Bertz CT molecular complexity index is 601. The SMILES string of the molecule is CCOC(=O)c1cc([N+](=O)[O-])cc(F)c1NCC1(O)CCC1. The van der Waals surface area contributed by atoms with Crippen molar-refractivity contribution in [3.8, 4) is 0 Å². The fourth-order valence-electron chi connectivity index (χ4n) is 2.26. The number of hydrogen-bond acceptors (Lipinski definition) is 6. The van der Waals surface area contributed by atoms with Gasteiger partial charge >= 0.3 is 5.97 Å². The molecule has 22 heavy (non-hydrogen) atoms. The Kier molecular flexibility index (Phi) is 4.60. The van der Waals surface area contributed by atoms with Crippen molar-refractivity contribution in [1.29, 1.82) is 0 Å². The van der Waals surface area contributed by atoms with Crippen molar-refractivity contribution >= 4 is 17.3 Å². The van der Waals surface area contributed by atoms with E-state index < -0.39 is 28.0 Å². The van der Waals surface area contributed by atoms with Gasteiger partial charge in [0, 0.05) is 12.6 Å². The minimum Gasteiger partial charge on any atom is -0.462 e. The molecular weight excluding hydrogens is 295 g/mol. The van der Waals surface area contributed by atoms with Crippen molar-refractivity contribution in [3.63, 3.8) is 0 Å². The Labute approximate surface area is 126 Å². The van der Waals surface area contributed by atoms with Crippen LogP contribution in [0.25, 0.3) is 0 Å². The Balaban J connectivity index is 2.32. The average molecular weight is 312 g/mol. The number of carbonyl (C=O) groups is 1. The van der Waals surface area contributed by atoms with Gasteiger partial charge in [0.15, 0.2) is 5.82 Å². The molecule has 2 N–H and O–H groups in total. The number of benzene rings is 1. The zero-order valence-corrected chi connectivity index (χ0v) is 12.1. The number of non-ortho nitro benzene ring substituents is 1. The molecule has 8 heteroatoms. The van der Waals surface area contributed by atoms with Gasteiger partial charge in [0.25, 0.3) is 5.69 Å². The fourth-order valence-corrected chi connectivity index (χ4v) is 2.26. The molecule has 0 atom stereocenters. The summed E-state index contributed by atoms with van der Waals surface area (Å²) >= 11 is 0. The van der Waals surface area contributed by atoms with Crippen LogP contribution in [0.3, 0.4) is 0 Å². The molecule has 1 fully saturated rings. The van der Waals surface area contributed by atoms with Crippen LogP contribution in [-0.2, 0) is 4.74 Å². The molecule has 1 saturated carbocycles. The number of nitro benzene ring substituents is 1. The molecule has 0 spiro atoms. The Hall–Kier alpha value is -2.22. The first-order chi connectivity index (χ1) is 10.4. The number of aliphatic hydroxyl groups is 1. The molecule has 0 heterocycles. The Morgan fingerprint density at radius 3 is 2.73 bits per heavy atom. The molecule has 0 amide bonds. The van der Waals surface area contributed by atoms with Crippen molar-refractivity contribution in [1.82, 2.24) is 0 Å². The summed E-state index contributed by atoms with van der Waals surface area (Å²) in [7, 11) is 0. The second-order valence-electron chi connectivity index (χ2n) is 5.26. The maximum absolute atomic E-state index is 14.1. The minimum absolute atomic E-state index is 0.0620. The summed E-state index contributed by atoms with van der Waals surface area (Å²) in [6, 6.07) is 1.70. The van der Waals surface area contributed by atoms with E-state index in [0.717, 1.165) is 18.6 Å². The molecule has 1 aromatic carbocycles. The van der Waals surface area contributed by atoms with Crippen molar-refractivity contribution in [3.05, 3.63) is 33.6 Å². The highest BCUT2D eigenvalue weighted by Crippen LogP contribution is 2.33. The smallest absolute Gasteiger partial charge is 0.340 e. The highest BCUT2D eigenvalue weighted by Gasteiger charge is 2.35. The van der Waals surface area contributed by atoms with Crippen LogP contribution in [0.2, 0.25) is 0 Å². The van der Waals surface area contributed by atoms with Crippen LogP contribution in [-0.4, -0.2) is 34.8 Å². The van der Waals surface area contributed by atoms with Crippen LogP contribution in [0.5, 0.6) is 0 Å². The van der Waals surface area contributed by atoms with E-state index in [0.29, 0.717) is 12.8 Å². The van der Waals surface area contributed by atoms with Gasteiger partial charge in [-0.25, -0.2) is 9.18 Å². The van der Waals surface area contributed by atoms with Gasteiger partial charge in [-0.1, -0.05) is 0 Å². The monoisotopic (exact) mass is 312 g/mol. The molecule has 1 aliphatic rings. The van der Waals surface area contributed by atoms with Crippen LogP contribution in [0.15, 0.2) is 12.1 Å². The van der Waals surface area contributed by atoms with E-state index >= 15 is 0 Å². The topological polar surface area (TPSA) is 102 Å². The van der Waals surface area contributed by atoms with Gasteiger partial charge in [-0.15, -0.1) is 0 Å². The first-order valence-electron chi connectivity index (χ1n) is 6.97. The molecular formula is C14H17FN2O5. The maximum atomic E-state index is 14.1. The number of anilines is 1. The normalized spacial score (nSPS) is 15.8. The molecule has 2 rings (SSSR count). The van der Waals surface area contributed by atoms with E-state index in [1.165, 1.54) is 0 Å². The van der Waals surface area contributed by atoms with Gasteiger partial charge in [0.2, 0.25) is 0 Å². The molecule has 1 aliphatic carbocycles. The second-order valence-corrected chi connectivity index (χ2v) is 5.26. The highest BCUT2D eigenvalue weighted by molar-refractivity contribution is 5.96. The molecule has 7 nitrogen and oxygen atoms in total. The molecule has 120 valence electrons. The lowest BCUT2D eigenvalue weighted by Gasteiger charge is -2.37. The zero-order chi connectivity index (χ0) is 16.3. The van der Waals surface area contributed by atoms with E-state index in [9.17, 15) is 24.4 Å². The number of rotatable bonds is 6. The highest BCUT2D eigenvalue weighted by atomic mass is 19.1. The molecule has 1 aromatic rings. The summed E-state index contributed by atoms with van der Waals surface area (Å²) in [6.45, 7) is 1.70. The quantitative estimate of drug-likeness (QED) is 0.474. The third-order valence-electron chi connectivity index (χ3n) is 3.66. The largest absolute Gasteiger partial charge is 0.462 e. The number of nitro groups is 1. The fraction of sp³-hybridized carbons (Fsp3) is 0.500. The lowest BCUT2D eigenvalue weighted by molar-refractivity contribution is -0.385. The van der Waals surface area contributed by atoms with E-state index in [1.54, 1.807) is 6.92 Å². The van der Waals surface area contributed by atoms with E-state index in [-0.39, 0.29) is 24.4 Å². The van der Waals surface area contributed by atoms with Crippen molar-refractivity contribution in [2.24, 2.45) is 0 Å². The van der Waals surface area contributed by atoms with Crippen LogP contribution in [0, 0.1) is 15.9 Å². The Morgan fingerprint density at radius 1 is 1.55 bits per heavy atom. The number of nitrogens with one attached hydrogen (secondary N) is 1. The second kappa shape index (κ2) is 6.27. The maximum Gasteiger partial charge on any atom is 0.340 e. The van der Waals surface area contributed by atoms with Crippen molar-refractivity contribution in [2.45, 2.75) is 31.8 Å². The lowest BCUT2D eigenvalue weighted by Crippen LogP contribution is -2.43. The number of halogens is 1. The third kappa shape index (κ3) is 3.33. The summed E-state index contributed by atoms with van der Waals surface area (Å²) in [6.07, 6.45) is 2.05.